The van der Waals surface area contributed by atoms with Crippen molar-refractivity contribution >= 4 is 23.6 Å². The number of rotatable bonds is 4. The van der Waals surface area contributed by atoms with Gasteiger partial charge in [0.15, 0.2) is 0 Å². The van der Waals surface area contributed by atoms with Gasteiger partial charge in [-0.1, -0.05) is 29.8 Å². The van der Waals surface area contributed by atoms with Crippen LogP contribution in [-0.2, 0) is 4.79 Å². The molecule has 0 aliphatic carbocycles. The van der Waals surface area contributed by atoms with Gasteiger partial charge in [0.25, 0.3) is 5.91 Å². The zero-order chi connectivity index (χ0) is 15.2. The van der Waals surface area contributed by atoms with Crippen LogP contribution in [0.3, 0.4) is 0 Å². The van der Waals surface area contributed by atoms with Crippen LogP contribution in [0.4, 0.5) is 0 Å². The summed E-state index contributed by atoms with van der Waals surface area (Å²) in [6, 6.07) is 15.7. The lowest BCUT2D eigenvalue weighted by atomic mass is 10.1. The number of amides is 1. The van der Waals surface area contributed by atoms with Gasteiger partial charge in [0.05, 0.1) is 0 Å². The van der Waals surface area contributed by atoms with E-state index in [4.69, 9.17) is 27.3 Å². The van der Waals surface area contributed by atoms with Crippen LogP contribution >= 0.6 is 11.6 Å². The molecular weight excluding hydrogens is 288 g/mol. The zero-order valence-electron chi connectivity index (χ0n) is 10.9. The molecule has 104 valence electrons. The van der Waals surface area contributed by atoms with E-state index in [1.54, 1.807) is 54.6 Å². The molecule has 0 aromatic heterocycles. The van der Waals surface area contributed by atoms with Gasteiger partial charge in [-0.05, 0) is 36.4 Å². The van der Waals surface area contributed by atoms with Crippen molar-refractivity contribution in [2.45, 2.75) is 0 Å². The van der Waals surface area contributed by atoms with Gasteiger partial charge in [0.1, 0.15) is 23.1 Å². The number of carbonyl (C=O) groups is 1. The predicted molar refractivity (Wildman–Crippen MR) is 80.8 cm³/mol. The van der Waals surface area contributed by atoms with Crippen molar-refractivity contribution in [3.05, 3.63) is 64.7 Å². The van der Waals surface area contributed by atoms with E-state index >= 15 is 0 Å². The maximum Gasteiger partial charge on any atom is 0.259 e. The SMILES string of the molecule is N#C/C(=C\c1ccccc1Oc1ccc(Cl)cc1)C(N)=O. The number of para-hydroxylation sites is 1. The second-order valence-electron chi connectivity index (χ2n) is 4.13. The third-order valence-electron chi connectivity index (χ3n) is 2.65. The van der Waals surface area contributed by atoms with Crippen molar-refractivity contribution in [2.24, 2.45) is 5.73 Å². The molecule has 0 radical (unpaired) electrons. The average Bonchev–Trinajstić information content (AvgIpc) is 2.48. The maximum absolute atomic E-state index is 11.1. The number of ether oxygens (including phenoxy) is 1. The van der Waals surface area contributed by atoms with Crippen molar-refractivity contribution in [1.82, 2.24) is 0 Å². The Balaban J connectivity index is 2.35. The van der Waals surface area contributed by atoms with Crippen molar-refractivity contribution < 1.29 is 9.53 Å². The van der Waals surface area contributed by atoms with E-state index < -0.39 is 5.91 Å². The largest absolute Gasteiger partial charge is 0.457 e. The lowest BCUT2D eigenvalue weighted by Gasteiger charge is -2.09. The Kier molecular flexibility index (Phi) is 4.60. The first-order valence-electron chi connectivity index (χ1n) is 6.04. The van der Waals surface area contributed by atoms with E-state index in [-0.39, 0.29) is 5.57 Å². The highest BCUT2D eigenvalue weighted by Gasteiger charge is 2.07. The molecule has 2 aromatic rings. The molecule has 0 atom stereocenters. The van der Waals surface area contributed by atoms with Crippen LogP contribution in [0.5, 0.6) is 11.5 Å². The molecular formula is C16H11ClN2O2. The minimum atomic E-state index is -0.779. The highest BCUT2D eigenvalue weighted by atomic mass is 35.5. The van der Waals surface area contributed by atoms with Crippen molar-refractivity contribution in [3.8, 4) is 17.6 Å². The third kappa shape index (κ3) is 3.85. The quantitative estimate of drug-likeness (QED) is 0.693. The molecule has 21 heavy (non-hydrogen) atoms. The number of halogens is 1. The third-order valence-corrected chi connectivity index (χ3v) is 2.90. The molecule has 0 saturated heterocycles. The molecule has 0 bridgehead atoms. The van der Waals surface area contributed by atoms with Gasteiger partial charge in [0, 0.05) is 10.6 Å². The van der Waals surface area contributed by atoms with Crippen LogP contribution < -0.4 is 10.5 Å². The van der Waals surface area contributed by atoms with Crippen LogP contribution in [0, 0.1) is 11.3 Å². The molecule has 2 N–H and O–H groups in total. The normalized spacial score (nSPS) is 10.8. The van der Waals surface area contributed by atoms with Crippen molar-refractivity contribution in [3.63, 3.8) is 0 Å². The summed E-state index contributed by atoms with van der Waals surface area (Å²) in [4.78, 5) is 11.1. The Labute approximate surface area is 127 Å². The summed E-state index contributed by atoms with van der Waals surface area (Å²) in [5, 5.41) is 9.50. The molecule has 1 amide bonds. The van der Waals surface area contributed by atoms with E-state index in [1.165, 1.54) is 6.08 Å². The van der Waals surface area contributed by atoms with Crippen molar-refractivity contribution in [2.75, 3.05) is 0 Å². The van der Waals surface area contributed by atoms with E-state index in [1.807, 2.05) is 0 Å². The molecule has 2 aromatic carbocycles. The fraction of sp³-hybridized carbons (Fsp3) is 0. The first kappa shape index (κ1) is 14.6. The maximum atomic E-state index is 11.1. The topological polar surface area (TPSA) is 76.1 Å². The molecule has 4 nitrogen and oxygen atoms in total. The number of carbonyl (C=O) groups excluding carboxylic acids is 1. The fourth-order valence-electron chi connectivity index (χ4n) is 1.64. The molecule has 0 aliphatic heterocycles. The smallest absolute Gasteiger partial charge is 0.259 e. The molecule has 0 fully saturated rings. The van der Waals surface area contributed by atoms with Crippen LogP contribution in [0.25, 0.3) is 6.08 Å². The zero-order valence-corrected chi connectivity index (χ0v) is 11.7. The van der Waals surface area contributed by atoms with Crippen LogP contribution in [-0.4, -0.2) is 5.91 Å². The van der Waals surface area contributed by atoms with Gasteiger partial charge < -0.3 is 10.5 Å². The Morgan fingerprint density at radius 2 is 1.86 bits per heavy atom. The van der Waals surface area contributed by atoms with Crippen molar-refractivity contribution in [1.29, 1.82) is 5.26 Å². The standard InChI is InChI=1S/C16H11ClN2O2/c17-13-5-7-14(8-6-13)21-15-4-2-1-3-11(15)9-12(10-18)16(19)20/h1-9H,(H2,19,20)/b12-9+. The summed E-state index contributed by atoms with van der Waals surface area (Å²) in [5.74, 6) is 0.324. The number of nitrogens with zero attached hydrogens (tertiary/aromatic N) is 1. The van der Waals surface area contributed by atoms with Gasteiger partial charge in [-0.3, -0.25) is 4.79 Å². The molecule has 0 aliphatic rings. The predicted octanol–water partition coefficient (Wildman–Crippen LogP) is 3.52. The second-order valence-corrected chi connectivity index (χ2v) is 4.56. The number of benzene rings is 2. The van der Waals surface area contributed by atoms with Crippen LogP contribution in [0.15, 0.2) is 54.1 Å². The number of nitriles is 1. The monoisotopic (exact) mass is 298 g/mol. The summed E-state index contributed by atoms with van der Waals surface area (Å²) in [6.07, 6.45) is 1.40. The summed E-state index contributed by atoms with van der Waals surface area (Å²) in [6.45, 7) is 0. The van der Waals surface area contributed by atoms with Gasteiger partial charge in [0.2, 0.25) is 0 Å². The second kappa shape index (κ2) is 6.60. The molecule has 0 saturated carbocycles. The lowest BCUT2D eigenvalue weighted by molar-refractivity contribution is -0.114. The Morgan fingerprint density at radius 1 is 1.19 bits per heavy atom. The Hall–Kier alpha value is -2.77. The first-order valence-corrected chi connectivity index (χ1v) is 6.42. The first-order chi connectivity index (χ1) is 10.1. The van der Waals surface area contributed by atoms with Gasteiger partial charge in [-0.2, -0.15) is 5.26 Å². The van der Waals surface area contributed by atoms with Gasteiger partial charge in [-0.15, -0.1) is 0 Å². The number of hydrogen-bond acceptors (Lipinski definition) is 3. The summed E-state index contributed by atoms with van der Waals surface area (Å²) in [5.41, 5.74) is 5.58. The van der Waals surface area contributed by atoms with E-state index in [0.29, 0.717) is 22.1 Å². The average molecular weight is 299 g/mol. The van der Waals surface area contributed by atoms with Crippen LogP contribution in [0.2, 0.25) is 5.02 Å². The Bertz CT molecular complexity index is 731. The minimum Gasteiger partial charge on any atom is -0.457 e. The summed E-state index contributed by atoms with van der Waals surface area (Å²) < 4.78 is 5.72. The van der Waals surface area contributed by atoms with E-state index in [9.17, 15) is 4.79 Å². The summed E-state index contributed by atoms with van der Waals surface area (Å²) in [7, 11) is 0. The van der Waals surface area contributed by atoms with E-state index in [2.05, 4.69) is 0 Å². The Morgan fingerprint density at radius 3 is 2.48 bits per heavy atom. The fourth-order valence-corrected chi connectivity index (χ4v) is 1.76. The lowest BCUT2D eigenvalue weighted by Crippen LogP contribution is -2.12. The van der Waals surface area contributed by atoms with Gasteiger partial charge in [-0.25, -0.2) is 0 Å². The molecule has 0 unspecified atom stereocenters. The molecule has 5 heteroatoms. The highest BCUT2D eigenvalue weighted by Crippen LogP contribution is 2.27. The summed E-state index contributed by atoms with van der Waals surface area (Å²) >= 11 is 5.82. The van der Waals surface area contributed by atoms with Gasteiger partial charge >= 0.3 is 0 Å². The number of primary amides is 1. The minimum absolute atomic E-state index is 0.137. The molecule has 2 rings (SSSR count). The highest BCUT2D eigenvalue weighted by molar-refractivity contribution is 6.30. The molecule has 0 heterocycles. The number of hydrogen-bond donors (Lipinski definition) is 1. The number of nitrogens with two attached hydrogens (primary N) is 1. The molecule has 0 spiro atoms. The van der Waals surface area contributed by atoms with E-state index in [0.717, 1.165) is 0 Å². The van der Waals surface area contributed by atoms with Crippen LogP contribution in [0.1, 0.15) is 5.56 Å².